The number of unbranched alkanes of at least 4 members (excludes halogenated alkanes) is 2. The average molecular weight is 549 g/mol. The Morgan fingerprint density at radius 1 is 1.02 bits per heavy atom. The number of carbonyl (C=O) groups is 3. The minimum Gasteiger partial charge on any atom is -0.507 e. The molecule has 2 amide bonds. The van der Waals surface area contributed by atoms with Crippen molar-refractivity contribution in [3.05, 3.63) is 75.1 Å². The van der Waals surface area contributed by atoms with E-state index in [1.165, 1.54) is 0 Å². The highest BCUT2D eigenvalue weighted by molar-refractivity contribution is 5.90. The molecule has 1 saturated heterocycles. The first kappa shape index (κ1) is 28.9. The van der Waals surface area contributed by atoms with E-state index in [0.29, 0.717) is 62.7 Å². The van der Waals surface area contributed by atoms with Crippen molar-refractivity contribution >= 4 is 28.8 Å². The molecule has 2 aromatic carbocycles. The maximum absolute atomic E-state index is 13.5. The van der Waals surface area contributed by atoms with E-state index in [2.05, 4.69) is 5.32 Å². The van der Waals surface area contributed by atoms with Crippen LogP contribution in [0.5, 0.6) is 5.75 Å². The van der Waals surface area contributed by atoms with E-state index in [-0.39, 0.29) is 41.6 Å². The van der Waals surface area contributed by atoms with Crippen molar-refractivity contribution < 1.29 is 29.0 Å². The Morgan fingerprint density at radius 3 is 2.40 bits per heavy atom. The topological polar surface area (TPSA) is 137 Å². The van der Waals surface area contributed by atoms with Crippen LogP contribution in [-0.4, -0.2) is 52.5 Å². The maximum atomic E-state index is 13.5. The second kappa shape index (κ2) is 12.4. The summed E-state index contributed by atoms with van der Waals surface area (Å²) in [6.45, 7) is 4.66. The number of hydrogen-bond acceptors (Lipinski definition) is 6. The van der Waals surface area contributed by atoms with E-state index in [1.807, 2.05) is 30.3 Å². The van der Waals surface area contributed by atoms with Gasteiger partial charge in [-0.2, -0.15) is 0 Å². The number of phenols is 1. The smallest absolute Gasteiger partial charge is 0.340 e. The molecule has 1 fully saturated rings. The number of aryl methyl sites for hydroxylation is 2. The zero-order valence-corrected chi connectivity index (χ0v) is 23.0. The van der Waals surface area contributed by atoms with Crippen LogP contribution in [0.2, 0.25) is 0 Å². The Bertz CT molecular complexity index is 1450. The van der Waals surface area contributed by atoms with Crippen LogP contribution in [0.1, 0.15) is 60.8 Å². The minimum absolute atomic E-state index is 0.00321. The number of nitrogens with zero attached hydrogens (tertiary/aromatic N) is 1. The first-order valence-electron chi connectivity index (χ1n) is 13.7. The summed E-state index contributed by atoms with van der Waals surface area (Å²) in [7, 11) is 0. The third-order valence-corrected chi connectivity index (χ3v) is 7.91. The highest BCUT2D eigenvalue weighted by Crippen LogP contribution is 2.36. The van der Waals surface area contributed by atoms with Gasteiger partial charge in [-0.3, -0.25) is 14.4 Å². The van der Waals surface area contributed by atoms with Gasteiger partial charge in [0.05, 0.1) is 22.8 Å². The molecule has 9 nitrogen and oxygen atoms in total. The van der Waals surface area contributed by atoms with Crippen molar-refractivity contribution in [2.45, 2.75) is 64.2 Å². The third-order valence-electron chi connectivity index (χ3n) is 7.91. The number of carboxylic acids is 1. The number of aliphatic carboxylic acids is 1. The summed E-state index contributed by atoms with van der Waals surface area (Å²) >= 11 is 0. The highest BCUT2D eigenvalue weighted by atomic mass is 16.4. The van der Waals surface area contributed by atoms with Gasteiger partial charge in [0, 0.05) is 26.1 Å². The van der Waals surface area contributed by atoms with Gasteiger partial charge in [0.15, 0.2) is 0 Å². The lowest BCUT2D eigenvalue weighted by atomic mass is 9.72. The number of likely N-dealkylation sites (tertiary alicyclic amines) is 1. The molecule has 40 heavy (non-hydrogen) atoms. The summed E-state index contributed by atoms with van der Waals surface area (Å²) in [6, 6.07) is 12.8. The summed E-state index contributed by atoms with van der Waals surface area (Å²) in [5.41, 5.74) is 1.29. The van der Waals surface area contributed by atoms with Gasteiger partial charge < -0.3 is 24.8 Å². The number of fused-ring (bicyclic) bond motifs is 1. The Labute approximate surface area is 232 Å². The standard InChI is InChI=1S/C31H36N2O7/c1-20-17-24(34)28-21(2)23(29(38)40-25(28)18-20)19-26(35)33-15-12-31(13-16-33,22-9-5-3-6-10-22)30(39)32-14-8-4-7-11-27(36)37/h3,5-6,9-10,17-18,34H,4,7-8,11-16,19H2,1-2H3,(H,32,39)(H,36,37). The van der Waals surface area contributed by atoms with Crippen molar-refractivity contribution in [2.75, 3.05) is 19.6 Å². The van der Waals surface area contributed by atoms with Crippen molar-refractivity contribution in [1.82, 2.24) is 10.2 Å². The van der Waals surface area contributed by atoms with Gasteiger partial charge in [-0.05, 0) is 68.4 Å². The van der Waals surface area contributed by atoms with E-state index in [0.717, 1.165) is 11.1 Å². The molecule has 0 atom stereocenters. The first-order valence-corrected chi connectivity index (χ1v) is 13.7. The molecule has 0 saturated carbocycles. The molecule has 1 aliphatic heterocycles. The van der Waals surface area contributed by atoms with Crippen LogP contribution in [0.25, 0.3) is 11.0 Å². The summed E-state index contributed by atoms with van der Waals surface area (Å²) in [4.78, 5) is 52.0. The molecule has 0 radical (unpaired) electrons. The second-order valence-corrected chi connectivity index (χ2v) is 10.6. The summed E-state index contributed by atoms with van der Waals surface area (Å²) < 4.78 is 5.45. The molecule has 0 aliphatic carbocycles. The molecule has 1 aromatic heterocycles. The zero-order chi connectivity index (χ0) is 28.9. The van der Waals surface area contributed by atoms with Crippen LogP contribution < -0.4 is 10.9 Å². The van der Waals surface area contributed by atoms with E-state index in [9.17, 15) is 24.3 Å². The van der Waals surface area contributed by atoms with Gasteiger partial charge in [0.25, 0.3) is 0 Å². The number of aromatic hydroxyl groups is 1. The van der Waals surface area contributed by atoms with Crippen molar-refractivity contribution in [1.29, 1.82) is 0 Å². The van der Waals surface area contributed by atoms with Crippen LogP contribution in [0.3, 0.4) is 0 Å². The molecule has 1 aliphatic rings. The lowest BCUT2D eigenvalue weighted by Crippen LogP contribution is -2.53. The number of piperidine rings is 1. The number of carbonyl (C=O) groups excluding carboxylic acids is 2. The fourth-order valence-electron chi connectivity index (χ4n) is 5.62. The normalized spacial score (nSPS) is 14.7. The van der Waals surface area contributed by atoms with E-state index < -0.39 is 17.0 Å². The van der Waals surface area contributed by atoms with Crippen LogP contribution in [0.4, 0.5) is 0 Å². The van der Waals surface area contributed by atoms with Crippen molar-refractivity contribution in [3.63, 3.8) is 0 Å². The molecule has 0 spiro atoms. The maximum Gasteiger partial charge on any atom is 0.340 e. The summed E-state index contributed by atoms with van der Waals surface area (Å²) in [5.74, 6) is -1.15. The number of rotatable bonds is 10. The predicted octanol–water partition coefficient (Wildman–Crippen LogP) is 3.98. The van der Waals surface area contributed by atoms with Crippen molar-refractivity contribution in [2.24, 2.45) is 0 Å². The quantitative estimate of drug-likeness (QED) is 0.257. The Hall–Kier alpha value is -4.14. The number of carboxylic acid groups (broad SMARTS) is 1. The number of hydrogen-bond donors (Lipinski definition) is 3. The Kier molecular flexibility index (Phi) is 8.92. The monoisotopic (exact) mass is 548 g/mol. The molecule has 0 bridgehead atoms. The van der Waals surface area contributed by atoms with E-state index in [1.54, 1.807) is 30.9 Å². The van der Waals surface area contributed by atoms with Gasteiger partial charge in [-0.25, -0.2) is 4.79 Å². The Balaban J connectivity index is 1.46. The van der Waals surface area contributed by atoms with Crippen LogP contribution in [0, 0.1) is 13.8 Å². The fraction of sp³-hybridized carbons (Fsp3) is 0.419. The highest BCUT2D eigenvalue weighted by Gasteiger charge is 2.43. The number of amides is 2. The van der Waals surface area contributed by atoms with E-state index >= 15 is 0 Å². The summed E-state index contributed by atoms with van der Waals surface area (Å²) in [6.07, 6.45) is 2.80. The Morgan fingerprint density at radius 2 is 1.73 bits per heavy atom. The van der Waals surface area contributed by atoms with E-state index in [4.69, 9.17) is 9.52 Å². The molecule has 3 N–H and O–H groups in total. The fourth-order valence-corrected chi connectivity index (χ4v) is 5.62. The number of benzene rings is 2. The van der Waals surface area contributed by atoms with Crippen molar-refractivity contribution in [3.8, 4) is 5.75 Å². The lowest BCUT2D eigenvalue weighted by Gasteiger charge is -2.41. The van der Waals surface area contributed by atoms with Gasteiger partial charge in [-0.1, -0.05) is 36.8 Å². The second-order valence-electron chi connectivity index (χ2n) is 10.6. The SMILES string of the molecule is Cc1cc(O)c2c(C)c(CC(=O)N3CCC(C(=O)NCCCCCC(=O)O)(c4ccccc4)CC3)c(=O)oc2c1. The molecular formula is C31H36N2O7. The number of phenolic OH excluding ortho intramolecular Hbond substituents is 1. The predicted molar refractivity (Wildman–Crippen MR) is 150 cm³/mol. The molecule has 3 aromatic rings. The third kappa shape index (κ3) is 6.19. The number of nitrogens with one attached hydrogen (secondary N) is 1. The van der Waals surface area contributed by atoms with Crippen LogP contribution >= 0.6 is 0 Å². The average Bonchev–Trinajstić information content (AvgIpc) is 2.92. The molecule has 4 rings (SSSR count). The van der Waals surface area contributed by atoms with Gasteiger partial charge >= 0.3 is 11.6 Å². The molecule has 9 heteroatoms. The first-order chi connectivity index (χ1) is 19.1. The lowest BCUT2D eigenvalue weighted by molar-refractivity contribution is -0.137. The molecule has 212 valence electrons. The van der Waals surface area contributed by atoms with Gasteiger partial charge in [-0.15, -0.1) is 0 Å². The van der Waals surface area contributed by atoms with Gasteiger partial charge in [0.2, 0.25) is 11.8 Å². The zero-order valence-electron chi connectivity index (χ0n) is 23.0. The largest absolute Gasteiger partial charge is 0.507 e. The molecule has 0 unspecified atom stereocenters. The van der Waals surface area contributed by atoms with Crippen LogP contribution in [-0.2, 0) is 26.2 Å². The summed E-state index contributed by atoms with van der Waals surface area (Å²) in [5, 5.41) is 22.7. The molecular weight excluding hydrogens is 512 g/mol. The van der Waals surface area contributed by atoms with Gasteiger partial charge in [0.1, 0.15) is 11.3 Å². The molecule has 2 heterocycles. The van der Waals surface area contributed by atoms with Crippen LogP contribution in [0.15, 0.2) is 51.7 Å². The minimum atomic E-state index is -0.821.